The van der Waals surface area contributed by atoms with Crippen molar-refractivity contribution in [3.63, 3.8) is 0 Å². The minimum absolute atomic E-state index is 0.0714. The molecule has 3 aliphatic rings. The molecule has 0 aliphatic carbocycles. The first-order valence-electron chi connectivity index (χ1n) is 13.7. The molecule has 1 fully saturated rings. The van der Waals surface area contributed by atoms with E-state index in [4.69, 9.17) is 4.74 Å². The van der Waals surface area contributed by atoms with Crippen molar-refractivity contribution in [2.75, 3.05) is 17.3 Å². The van der Waals surface area contributed by atoms with Gasteiger partial charge in [0.15, 0.2) is 11.6 Å². The SMILES string of the molecule is COc1ccc(C(=O)[C@@H]2[C@H](C(=O)C(C)(C)C)N3c4ccc(C)cc4C(C)=C[C@@H]3[C@]23C(=O)Nc2ccccc23)cc1. The van der Waals surface area contributed by atoms with Gasteiger partial charge in [0, 0.05) is 27.9 Å². The fraction of sp³-hybridized carbons (Fsp3) is 0.324. The number of nitrogens with one attached hydrogen (secondary N) is 1. The lowest BCUT2D eigenvalue weighted by atomic mass is 9.63. The standard InChI is InChI=1S/C34H34N2O4/c1-19-11-16-26-23(17-19)20(2)18-27-34(24-9-7-8-10-25(24)35-32(34)39)28(29(36(26)27)31(38)33(3,4)5)30(37)21-12-14-22(40-6)15-13-21/h7-18,27-29H,1-6H3,(H,35,39)/t27-,28+,29-,34+/m1/s1. The second-order valence-electron chi connectivity index (χ2n) is 12.2. The number of fused-ring (bicyclic) bond motifs is 6. The van der Waals surface area contributed by atoms with Gasteiger partial charge in [-0.15, -0.1) is 0 Å². The maximum Gasteiger partial charge on any atom is 0.238 e. The molecule has 1 saturated heterocycles. The summed E-state index contributed by atoms with van der Waals surface area (Å²) in [4.78, 5) is 45.8. The minimum atomic E-state index is -1.30. The maximum atomic E-state index is 14.8. The highest BCUT2D eigenvalue weighted by molar-refractivity contribution is 6.17. The number of aryl methyl sites for hydroxylation is 1. The second kappa shape index (κ2) is 8.91. The molecule has 0 bridgehead atoms. The first-order valence-corrected chi connectivity index (χ1v) is 13.7. The van der Waals surface area contributed by atoms with Gasteiger partial charge in [0.1, 0.15) is 17.2 Å². The average molecular weight is 535 g/mol. The highest BCUT2D eigenvalue weighted by Gasteiger charge is 2.71. The number of carbonyl (C=O) groups is 3. The van der Waals surface area contributed by atoms with Gasteiger partial charge < -0.3 is 15.0 Å². The van der Waals surface area contributed by atoms with Crippen molar-refractivity contribution in [1.29, 1.82) is 0 Å². The first-order chi connectivity index (χ1) is 19.0. The van der Waals surface area contributed by atoms with E-state index in [9.17, 15) is 14.4 Å². The largest absolute Gasteiger partial charge is 0.497 e. The van der Waals surface area contributed by atoms with Gasteiger partial charge in [-0.2, -0.15) is 0 Å². The molecule has 0 radical (unpaired) electrons. The highest BCUT2D eigenvalue weighted by Crippen LogP contribution is 2.59. The number of ether oxygens (including phenoxy) is 1. The number of allylic oxidation sites excluding steroid dienone is 1. The normalized spacial score (nSPS) is 24.6. The Labute approximate surface area is 235 Å². The van der Waals surface area contributed by atoms with Gasteiger partial charge in [0.05, 0.1) is 19.1 Å². The van der Waals surface area contributed by atoms with E-state index in [1.54, 1.807) is 31.4 Å². The molecule has 3 heterocycles. The minimum Gasteiger partial charge on any atom is -0.497 e. The van der Waals surface area contributed by atoms with Crippen molar-refractivity contribution in [2.45, 2.75) is 52.1 Å². The number of amides is 1. The lowest BCUT2D eigenvalue weighted by molar-refractivity contribution is -0.128. The first kappa shape index (κ1) is 26.1. The highest BCUT2D eigenvalue weighted by atomic mass is 16.5. The Bertz CT molecular complexity index is 1600. The lowest BCUT2D eigenvalue weighted by Crippen LogP contribution is -2.51. The summed E-state index contributed by atoms with van der Waals surface area (Å²) in [5.41, 5.74) is 3.84. The molecule has 3 aromatic carbocycles. The van der Waals surface area contributed by atoms with Crippen LogP contribution in [0, 0.1) is 18.3 Å². The van der Waals surface area contributed by atoms with Crippen LogP contribution in [0.2, 0.25) is 0 Å². The van der Waals surface area contributed by atoms with Gasteiger partial charge in [0.25, 0.3) is 0 Å². The number of hydrogen-bond donors (Lipinski definition) is 1. The average Bonchev–Trinajstić information content (AvgIpc) is 3.39. The van der Waals surface area contributed by atoms with Gasteiger partial charge >= 0.3 is 0 Å². The summed E-state index contributed by atoms with van der Waals surface area (Å²) in [5, 5.41) is 3.09. The predicted molar refractivity (Wildman–Crippen MR) is 157 cm³/mol. The molecule has 1 amide bonds. The Balaban J connectivity index is 1.69. The Morgan fingerprint density at radius 2 is 1.68 bits per heavy atom. The molecule has 3 aliphatic heterocycles. The number of methoxy groups -OCH3 is 1. The Morgan fingerprint density at radius 1 is 0.975 bits per heavy atom. The smallest absolute Gasteiger partial charge is 0.238 e. The van der Waals surface area contributed by atoms with Crippen LogP contribution in [-0.4, -0.2) is 36.7 Å². The summed E-state index contributed by atoms with van der Waals surface area (Å²) in [6.45, 7) is 9.73. The van der Waals surface area contributed by atoms with Crippen LogP contribution >= 0.6 is 0 Å². The number of nitrogens with zero attached hydrogens (tertiary/aromatic N) is 1. The van der Waals surface area contributed by atoms with Crippen LogP contribution in [0.25, 0.3) is 5.57 Å². The van der Waals surface area contributed by atoms with Crippen LogP contribution in [0.3, 0.4) is 0 Å². The third-order valence-electron chi connectivity index (χ3n) is 8.80. The molecule has 40 heavy (non-hydrogen) atoms. The third kappa shape index (κ3) is 3.51. The van der Waals surface area contributed by atoms with Gasteiger partial charge in [-0.05, 0) is 67.4 Å². The number of benzene rings is 3. The number of hydrogen-bond acceptors (Lipinski definition) is 5. The second-order valence-corrected chi connectivity index (χ2v) is 12.2. The van der Waals surface area contributed by atoms with Crippen molar-refractivity contribution < 1.29 is 19.1 Å². The van der Waals surface area contributed by atoms with Gasteiger partial charge in [-0.1, -0.05) is 56.7 Å². The molecule has 3 aromatic rings. The van der Waals surface area contributed by atoms with E-state index in [1.165, 1.54) is 0 Å². The van der Waals surface area contributed by atoms with E-state index in [0.29, 0.717) is 17.0 Å². The maximum absolute atomic E-state index is 14.8. The van der Waals surface area contributed by atoms with Crippen LogP contribution in [0.1, 0.15) is 54.7 Å². The van der Waals surface area contributed by atoms with Crippen molar-refractivity contribution in [3.8, 4) is 5.75 Å². The number of ketones is 2. The van der Waals surface area contributed by atoms with Gasteiger partial charge in [0.2, 0.25) is 5.91 Å². The topological polar surface area (TPSA) is 75.7 Å². The fourth-order valence-electron chi connectivity index (χ4n) is 6.92. The van der Waals surface area contributed by atoms with E-state index in [2.05, 4.69) is 22.4 Å². The van der Waals surface area contributed by atoms with E-state index in [1.807, 2.05) is 71.0 Å². The van der Waals surface area contributed by atoms with E-state index in [0.717, 1.165) is 28.0 Å². The molecule has 0 aromatic heterocycles. The summed E-state index contributed by atoms with van der Waals surface area (Å²) < 4.78 is 5.33. The summed E-state index contributed by atoms with van der Waals surface area (Å²) >= 11 is 0. The Kier molecular flexibility index (Phi) is 5.81. The Morgan fingerprint density at radius 3 is 2.35 bits per heavy atom. The molecule has 1 spiro atoms. The number of carbonyl (C=O) groups excluding carboxylic acids is 3. The molecule has 204 valence electrons. The molecular formula is C34H34N2O4. The quantitative estimate of drug-likeness (QED) is 0.417. The third-order valence-corrected chi connectivity index (χ3v) is 8.80. The summed E-state index contributed by atoms with van der Waals surface area (Å²) in [6.07, 6.45) is 2.09. The molecule has 4 atom stereocenters. The van der Waals surface area contributed by atoms with Crippen molar-refractivity contribution >= 4 is 34.4 Å². The monoisotopic (exact) mass is 534 g/mol. The predicted octanol–water partition coefficient (Wildman–Crippen LogP) is 5.98. The fourth-order valence-corrected chi connectivity index (χ4v) is 6.92. The molecule has 6 rings (SSSR count). The van der Waals surface area contributed by atoms with Crippen LogP contribution in [-0.2, 0) is 15.0 Å². The molecule has 0 unspecified atom stereocenters. The van der Waals surface area contributed by atoms with Crippen LogP contribution in [0.5, 0.6) is 5.75 Å². The number of para-hydroxylation sites is 1. The van der Waals surface area contributed by atoms with Crippen molar-refractivity contribution in [2.24, 2.45) is 11.3 Å². The Hall–Kier alpha value is -4.19. The molecular weight excluding hydrogens is 500 g/mol. The van der Waals surface area contributed by atoms with E-state index < -0.39 is 28.8 Å². The molecule has 0 saturated carbocycles. The summed E-state index contributed by atoms with van der Waals surface area (Å²) in [7, 11) is 1.58. The van der Waals surface area contributed by atoms with E-state index >= 15 is 0 Å². The van der Waals surface area contributed by atoms with Gasteiger partial charge in [-0.25, -0.2) is 0 Å². The number of Topliss-reactive ketones (excluding diaryl/α,β-unsaturated/α-hetero) is 2. The molecule has 1 N–H and O–H groups in total. The number of rotatable bonds is 4. The molecule has 6 heteroatoms. The van der Waals surface area contributed by atoms with Crippen LogP contribution in [0.15, 0.2) is 72.8 Å². The van der Waals surface area contributed by atoms with Crippen molar-refractivity contribution in [3.05, 3.63) is 95.1 Å². The van der Waals surface area contributed by atoms with Crippen molar-refractivity contribution in [1.82, 2.24) is 0 Å². The lowest BCUT2D eigenvalue weighted by Gasteiger charge is -2.40. The summed E-state index contributed by atoms with van der Waals surface area (Å²) in [6, 6.07) is 19.3. The zero-order valence-electron chi connectivity index (χ0n) is 23.7. The van der Waals surface area contributed by atoms with Gasteiger partial charge in [-0.3, -0.25) is 14.4 Å². The summed E-state index contributed by atoms with van der Waals surface area (Å²) in [5.74, 6) is -0.884. The number of anilines is 2. The van der Waals surface area contributed by atoms with E-state index in [-0.39, 0.29) is 17.5 Å². The zero-order chi connectivity index (χ0) is 28.6. The molecule has 6 nitrogen and oxygen atoms in total. The van der Waals surface area contributed by atoms with Crippen LogP contribution < -0.4 is 15.0 Å². The van der Waals surface area contributed by atoms with Crippen LogP contribution in [0.4, 0.5) is 11.4 Å². The zero-order valence-corrected chi connectivity index (χ0v) is 23.7.